The minimum Gasteiger partial charge on any atom is -0.370 e. The van der Waals surface area contributed by atoms with E-state index >= 15 is 0 Å². The van der Waals surface area contributed by atoms with Gasteiger partial charge in [-0.2, -0.15) is 9.38 Å². The third-order valence-corrected chi connectivity index (χ3v) is 2.95. The van der Waals surface area contributed by atoms with Gasteiger partial charge in [-0.3, -0.25) is 4.79 Å². The number of nitrogens with one attached hydrogen (secondary N) is 1. The smallest absolute Gasteiger partial charge is 0.370 e. The van der Waals surface area contributed by atoms with Crippen LogP contribution in [0, 0.1) is 10.1 Å². The second-order valence-corrected chi connectivity index (χ2v) is 4.42. The fourth-order valence-corrected chi connectivity index (χ4v) is 2.19. The Morgan fingerprint density at radius 2 is 2.47 bits per heavy atom. The fourth-order valence-electron chi connectivity index (χ4n) is 1.48. The standard InChI is InChI=1S/C9H11N5O4S/c10-6(15)5-18-3-1-11-7-8(14(16)17)13-2-4-19-9(13)12-7/h2,4,11H,1,3,5H2,(H2,10,15). The van der Waals surface area contributed by atoms with E-state index in [-0.39, 0.29) is 24.8 Å². The molecule has 10 heteroatoms. The summed E-state index contributed by atoms with van der Waals surface area (Å²) in [6, 6.07) is 0. The number of ether oxygens (including phenoxy) is 1. The van der Waals surface area contributed by atoms with Crippen LogP contribution in [0.3, 0.4) is 0 Å². The minimum absolute atomic E-state index is 0.119. The zero-order chi connectivity index (χ0) is 13.8. The van der Waals surface area contributed by atoms with Crippen LogP contribution in [-0.4, -0.2) is 40.0 Å². The van der Waals surface area contributed by atoms with Crippen LogP contribution < -0.4 is 11.1 Å². The first-order chi connectivity index (χ1) is 9.09. The van der Waals surface area contributed by atoms with Crippen molar-refractivity contribution in [1.29, 1.82) is 0 Å². The zero-order valence-corrected chi connectivity index (χ0v) is 10.6. The van der Waals surface area contributed by atoms with E-state index in [1.165, 1.54) is 15.7 Å². The van der Waals surface area contributed by atoms with Crippen molar-refractivity contribution in [1.82, 2.24) is 9.38 Å². The van der Waals surface area contributed by atoms with Crippen molar-refractivity contribution < 1.29 is 14.5 Å². The third-order valence-electron chi connectivity index (χ3n) is 2.19. The van der Waals surface area contributed by atoms with Crippen molar-refractivity contribution in [3.05, 3.63) is 21.7 Å². The summed E-state index contributed by atoms with van der Waals surface area (Å²) < 4.78 is 6.33. The number of rotatable bonds is 7. The molecular formula is C9H11N5O4S. The Kier molecular flexibility index (Phi) is 3.92. The van der Waals surface area contributed by atoms with Crippen molar-refractivity contribution >= 4 is 33.8 Å². The lowest BCUT2D eigenvalue weighted by molar-refractivity contribution is -0.389. The number of carbonyl (C=O) groups is 1. The number of thiazole rings is 1. The molecule has 0 saturated heterocycles. The highest BCUT2D eigenvalue weighted by molar-refractivity contribution is 7.15. The number of aromatic nitrogens is 2. The largest absolute Gasteiger partial charge is 0.372 e. The number of anilines is 1. The van der Waals surface area contributed by atoms with Crippen LogP contribution in [0.25, 0.3) is 4.96 Å². The van der Waals surface area contributed by atoms with Crippen LogP contribution in [-0.2, 0) is 9.53 Å². The number of carbonyl (C=O) groups excluding carboxylic acids is 1. The number of nitrogens with two attached hydrogens (primary N) is 1. The maximum atomic E-state index is 11.0. The van der Waals surface area contributed by atoms with Crippen LogP contribution in [0.15, 0.2) is 11.6 Å². The molecule has 0 aromatic carbocycles. The first-order valence-corrected chi connectivity index (χ1v) is 6.17. The van der Waals surface area contributed by atoms with Gasteiger partial charge in [0.15, 0.2) is 0 Å². The summed E-state index contributed by atoms with van der Waals surface area (Å²) in [4.78, 5) is 25.6. The molecule has 102 valence electrons. The average Bonchev–Trinajstić information content (AvgIpc) is 2.86. The van der Waals surface area contributed by atoms with Gasteiger partial charge in [-0.1, -0.05) is 11.3 Å². The van der Waals surface area contributed by atoms with Gasteiger partial charge in [0.05, 0.1) is 6.61 Å². The van der Waals surface area contributed by atoms with Crippen LogP contribution in [0.2, 0.25) is 0 Å². The number of hydrogen-bond acceptors (Lipinski definition) is 7. The molecule has 2 aromatic rings. The molecule has 19 heavy (non-hydrogen) atoms. The normalized spacial score (nSPS) is 10.7. The van der Waals surface area contributed by atoms with Crippen LogP contribution in [0.4, 0.5) is 11.6 Å². The van der Waals surface area contributed by atoms with Gasteiger partial charge in [-0.15, -0.1) is 0 Å². The molecule has 0 aliphatic carbocycles. The highest BCUT2D eigenvalue weighted by Gasteiger charge is 2.22. The Morgan fingerprint density at radius 3 is 3.16 bits per heavy atom. The zero-order valence-electron chi connectivity index (χ0n) is 9.74. The molecule has 2 rings (SSSR count). The van der Waals surface area contributed by atoms with Crippen LogP contribution in [0.1, 0.15) is 0 Å². The Labute approximate surface area is 111 Å². The topological polar surface area (TPSA) is 125 Å². The summed E-state index contributed by atoms with van der Waals surface area (Å²) in [5.74, 6) is -0.501. The monoisotopic (exact) mass is 285 g/mol. The average molecular weight is 285 g/mol. The number of fused-ring (bicyclic) bond motifs is 1. The van der Waals surface area contributed by atoms with Crippen molar-refractivity contribution in [3.63, 3.8) is 0 Å². The maximum Gasteiger partial charge on any atom is 0.372 e. The second kappa shape index (κ2) is 5.63. The predicted octanol–water partition coefficient (Wildman–Crippen LogP) is 0.218. The van der Waals surface area contributed by atoms with E-state index in [9.17, 15) is 14.9 Å². The lowest BCUT2D eigenvalue weighted by atomic mass is 10.5. The second-order valence-electron chi connectivity index (χ2n) is 3.54. The summed E-state index contributed by atoms with van der Waals surface area (Å²) in [6.07, 6.45) is 1.58. The number of nitro groups is 1. The highest BCUT2D eigenvalue weighted by atomic mass is 32.1. The minimum atomic E-state index is -0.562. The van der Waals surface area contributed by atoms with E-state index in [1.54, 1.807) is 11.6 Å². The fraction of sp³-hybridized carbons (Fsp3) is 0.333. The van der Waals surface area contributed by atoms with Crippen molar-refractivity contribution in [2.75, 3.05) is 25.1 Å². The molecule has 0 aliphatic rings. The molecule has 0 atom stereocenters. The molecule has 0 spiro atoms. The van der Waals surface area contributed by atoms with Gasteiger partial charge in [0.25, 0.3) is 4.96 Å². The van der Waals surface area contributed by atoms with Gasteiger partial charge in [-0.05, 0) is 4.92 Å². The Hall–Kier alpha value is -2.20. The van der Waals surface area contributed by atoms with E-state index in [0.717, 1.165) is 0 Å². The molecule has 9 nitrogen and oxygen atoms in total. The molecule has 0 saturated carbocycles. The number of hydrogen-bond donors (Lipinski definition) is 2. The Balaban J connectivity index is 2.00. The number of amides is 1. The lowest BCUT2D eigenvalue weighted by Crippen LogP contribution is -2.20. The molecule has 0 fully saturated rings. The first kappa shape index (κ1) is 13.2. The van der Waals surface area contributed by atoms with Crippen LogP contribution >= 0.6 is 11.3 Å². The molecule has 0 radical (unpaired) electrons. The van der Waals surface area contributed by atoms with Gasteiger partial charge in [0.2, 0.25) is 11.7 Å². The van der Waals surface area contributed by atoms with E-state index in [0.29, 0.717) is 11.5 Å². The number of imidazole rings is 1. The van der Waals surface area contributed by atoms with Crippen LogP contribution in [0.5, 0.6) is 0 Å². The summed E-state index contributed by atoms with van der Waals surface area (Å²) in [7, 11) is 0. The lowest BCUT2D eigenvalue weighted by Gasteiger charge is -2.03. The molecule has 0 bridgehead atoms. The molecule has 0 aliphatic heterocycles. The van der Waals surface area contributed by atoms with E-state index in [2.05, 4.69) is 10.3 Å². The first-order valence-electron chi connectivity index (χ1n) is 5.29. The number of nitrogens with zero attached hydrogens (tertiary/aromatic N) is 3. The maximum absolute atomic E-state index is 11.0. The van der Waals surface area contributed by atoms with Crippen molar-refractivity contribution in [3.8, 4) is 0 Å². The summed E-state index contributed by atoms with van der Waals surface area (Å²) in [5, 5.41) is 15.5. The van der Waals surface area contributed by atoms with Gasteiger partial charge >= 0.3 is 5.82 Å². The van der Waals surface area contributed by atoms with Crippen molar-refractivity contribution in [2.45, 2.75) is 0 Å². The van der Waals surface area contributed by atoms with E-state index < -0.39 is 10.8 Å². The molecular weight excluding hydrogens is 274 g/mol. The molecule has 2 heterocycles. The molecule has 0 unspecified atom stereocenters. The van der Waals surface area contributed by atoms with Gasteiger partial charge in [-0.25, -0.2) is 0 Å². The van der Waals surface area contributed by atoms with E-state index in [1.807, 2.05) is 0 Å². The van der Waals surface area contributed by atoms with Crippen molar-refractivity contribution in [2.24, 2.45) is 5.73 Å². The molecule has 2 aromatic heterocycles. The Bertz CT molecular complexity index is 607. The number of primary amides is 1. The molecule has 3 N–H and O–H groups in total. The van der Waals surface area contributed by atoms with Gasteiger partial charge in [0.1, 0.15) is 12.8 Å². The Morgan fingerprint density at radius 1 is 1.68 bits per heavy atom. The predicted molar refractivity (Wildman–Crippen MR) is 68.2 cm³/mol. The molecule has 1 amide bonds. The third kappa shape index (κ3) is 2.98. The summed E-state index contributed by atoms with van der Waals surface area (Å²) in [5.41, 5.74) is 4.90. The van der Waals surface area contributed by atoms with Gasteiger partial charge in [0, 0.05) is 11.9 Å². The van der Waals surface area contributed by atoms with E-state index in [4.69, 9.17) is 10.5 Å². The quantitative estimate of drug-likeness (QED) is 0.426. The SMILES string of the molecule is NC(=O)COCCNc1nc2sccn2c1[N+](=O)[O-]. The summed E-state index contributed by atoms with van der Waals surface area (Å²) >= 11 is 1.30. The summed E-state index contributed by atoms with van der Waals surface area (Å²) in [6.45, 7) is 0.312. The van der Waals surface area contributed by atoms with Gasteiger partial charge < -0.3 is 25.9 Å². The highest BCUT2D eigenvalue weighted by Crippen LogP contribution is 2.27.